The van der Waals surface area contributed by atoms with Gasteiger partial charge in [0.2, 0.25) is 0 Å². The number of amides is 1. The van der Waals surface area contributed by atoms with E-state index in [0.29, 0.717) is 0 Å². The van der Waals surface area contributed by atoms with Crippen LogP contribution in [0.3, 0.4) is 0 Å². The van der Waals surface area contributed by atoms with Gasteiger partial charge in [-0.15, -0.1) is 0 Å². The molecule has 1 aliphatic carbocycles. The minimum Gasteiger partial charge on any atom is -0.496 e. The van der Waals surface area contributed by atoms with Gasteiger partial charge in [0.15, 0.2) is 0 Å². The Kier molecular flexibility index (Phi) is 8.69. The molecule has 6 nitrogen and oxygen atoms in total. The molecule has 5 rings (SSSR count). The van der Waals surface area contributed by atoms with Gasteiger partial charge < -0.3 is 14.6 Å². The number of hydrogen-bond acceptors (Lipinski definition) is 4. The van der Waals surface area contributed by atoms with Crippen LogP contribution >= 0.6 is 15.9 Å². The fourth-order valence-corrected chi connectivity index (χ4v) is 6.13. The number of anilines is 1. The van der Waals surface area contributed by atoms with E-state index in [2.05, 4.69) is 63.9 Å². The summed E-state index contributed by atoms with van der Waals surface area (Å²) in [5, 5.41) is 3.27. The molecule has 0 unspecified atom stereocenters. The smallest absolute Gasteiger partial charge is 0.257 e. The van der Waals surface area contributed by atoms with Crippen molar-refractivity contribution >= 4 is 27.5 Å². The number of nitrogens with zero attached hydrogens (tertiary/aromatic N) is 3. The number of hydrogen-bond donors (Lipinski definition) is 1. The molecule has 40 heavy (non-hydrogen) atoms. The van der Waals surface area contributed by atoms with Crippen LogP contribution in [-0.4, -0.2) is 27.6 Å². The van der Waals surface area contributed by atoms with Crippen LogP contribution in [0.5, 0.6) is 5.75 Å². The number of aromatic nitrogens is 3. The highest BCUT2D eigenvalue weighted by atomic mass is 79.9. The molecule has 0 fully saturated rings. The lowest BCUT2D eigenvalue weighted by Gasteiger charge is -2.14. The van der Waals surface area contributed by atoms with Gasteiger partial charge in [-0.2, -0.15) is 0 Å². The van der Waals surface area contributed by atoms with Crippen LogP contribution in [0, 0.1) is 0 Å². The highest BCUT2D eigenvalue weighted by Gasteiger charge is 2.26. The monoisotopic (exact) mass is 600 g/mol. The Morgan fingerprint density at radius 2 is 1.85 bits per heavy atom. The molecule has 208 valence electrons. The van der Waals surface area contributed by atoms with Gasteiger partial charge in [-0.3, -0.25) is 4.79 Å². The molecular formula is C33H37BrN4O2. The third kappa shape index (κ3) is 5.71. The van der Waals surface area contributed by atoms with E-state index >= 15 is 0 Å². The molecular weight excluding hydrogens is 564 g/mol. The SMILES string of the molecule is CCc1cccc(CC)c1NC(=O)c1cn(C)c2c1CCCc1cnc(CCCc3ccc(Br)cc3OC)nc1-2. The number of ether oxygens (including phenoxy) is 1. The van der Waals surface area contributed by atoms with Crippen molar-refractivity contribution in [3.8, 4) is 17.1 Å². The lowest BCUT2D eigenvalue weighted by Crippen LogP contribution is -2.16. The first-order valence-electron chi connectivity index (χ1n) is 14.2. The van der Waals surface area contributed by atoms with Gasteiger partial charge in [0.1, 0.15) is 11.6 Å². The van der Waals surface area contributed by atoms with E-state index in [9.17, 15) is 4.79 Å². The zero-order valence-corrected chi connectivity index (χ0v) is 25.4. The number of rotatable bonds is 9. The second-order valence-electron chi connectivity index (χ2n) is 10.4. The van der Waals surface area contributed by atoms with Crippen molar-refractivity contribution in [2.24, 2.45) is 7.05 Å². The van der Waals surface area contributed by atoms with Gasteiger partial charge in [-0.25, -0.2) is 9.97 Å². The number of fused-ring (bicyclic) bond motifs is 3. The molecule has 0 saturated carbocycles. The largest absolute Gasteiger partial charge is 0.496 e. The molecule has 0 spiro atoms. The lowest BCUT2D eigenvalue weighted by molar-refractivity contribution is 0.102. The Labute approximate surface area is 245 Å². The normalized spacial score (nSPS) is 12.4. The molecule has 7 heteroatoms. The van der Waals surface area contributed by atoms with Crippen molar-refractivity contribution in [2.45, 2.75) is 65.2 Å². The Bertz CT molecular complexity index is 1520. The molecule has 1 N–H and O–H groups in total. The number of aryl methyl sites for hydroxylation is 6. The molecule has 1 amide bonds. The lowest BCUT2D eigenvalue weighted by atomic mass is 10.0. The minimum absolute atomic E-state index is 0.0476. The Morgan fingerprint density at radius 3 is 2.58 bits per heavy atom. The number of carbonyl (C=O) groups excluding carboxylic acids is 1. The van der Waals surface area contributed by atoms with Gasteiger partial charge in [0, 0.05) is 36.0 Å². The molecule has 2 heterocycles. The summed E-state index contributed by atoms with van der Waals surface area (Å²) < 4.78 is 8.64. The molecule has 0 saturated heterocycles. The van der Waals surface area contributed by atoms with Gasteiger partial charge in [-0.05, 0) is 84.9 Å². The summed E-state index contributed by atoms with van der Waals surface area (Å²) in [4.78, 5) is 23.5. The molecule has 2 aromatic heterocycles. The van der Waals surface area contributed by atoms with Crippen LogP contribution in [0.15, 0.2) is 53.3 Å². The first-order valence-corrected chi connectivity index (χ1v) is 15.0. The molecule has 0 aliphatic heterocycles. The Morgan fingerprint density at radius 1 is 1.07 bits per heavy atom. The van der Waals surface area contributed by atoms with E-state index < -0.39 is 0 Å². The third-order valence-electron chi connectivity index (χ3n) is 7.88. The van der Waals surface area contributed by atoms with Crippen molar-refractivity contribution in [1.82, 2.24) is 14.5 Å². The zero-order valence-electron chi connectivity index (χ0n) is 23.8. The fraction of sp³-hybridized carbons (Fsp3) is 0.364. The summed E-state index contributed by atoms with van der Waals surface area (Å²) in [6.07, 6.45) is 11.0. The summed E-state index contributed by atoms with van der Waals surface area (Å²) in [7, 11) is 3.72. The van der Waals surface area contributed by atoms with Crippen molar-refractivity contribution in [2.75, 3.05) is 12.4 Å². The Balaban J connectivity index is 1.41. The second-order valence-corrected chi connectivity index (χ2v) is 11.3. The summed E-state index contributed by atoms with van der Waals surface area (Å²) in [5.74, 6) is 1.68. The van der Waals surface area contributed by atoms with Crippen LogP contribution in [0.1, 0.15) is 70.7 Å². The number of carbonyl (C=O) groups is 1. The van der Waals surface area contributed by atoms with Gasteiger partial charge in [0.25, 0.3) is 5.91 Å². The first-order chi connectivity index (χ1) is 19.4. The first kappa shape index (κ1) is 28.1. The van der Waals surface area contributed by atoms with E-state index in [0.717, 1.165) is 101 Å². The maximum atomic E-state index is 13.7. The predicted octanol–water partition coefficient (Wildman–Crippen LogP) is 7.29. The highest BCUT2D eigenvalue weighted by molar-refractivity contribution is 9.10. The summed E-state index contributed by atoms with van der Waals surface area (Å²) in [6, 6.07) is 12.4. The van der Waals surface area contributed by atoms with Crippen LogP contribution in [0.25, 0.3) is 11.4 Å². The summed E-state index contributed by atoms with van der Waals surface area (Å²) in [6.45, 7) is 4.26. The average molecular weight is 602 g/mol. The standard InChI is InChI=1S/C33H37BrN4O2/c1-5-21-10-7-11-22(6-2)30(21)37-33(39)27-20-38(3)32-26(27)14-8-13-24-19-35-29(36-31(24)32)15-9-12-23-16-17-25(34)18-28(23)40-4/h7,10-11,16-20H,5-6,8-9,12-15H2,1-4H3,(H,37,39). The van der Waals surface area contributed by atoms with Crippen LogP contribution < -0.4 is 10.1 Å². The summed E-state index contributed by atoms with van der Waals surface area (Å²) >= 11 is 3.52. The van der Waals surface area contributed by atoms with Crippen LogP contribution in [-0.2, 0) is 45.6 Å². The van der Waals surface area contributed by atoms with Gasteiger partial charge >= 0.3 is 0 Å². The van der Waals surface area contributed by atoms with Crippen LogP contribution in [0.2, 0.25) is 0 Å². The van der Waals surface area contributed by atoms with Crippen molar-refractivity contribution in [3.05, 3.63) is 92.5 Å². The van der Waals surface area contributed by atoms with Gasteiger partial charge in [-0.1, -0.05) is 54.0 Å². The third-order valence-corrected chi connectivity index (χ3v) is 8.37. The maximum Gasteiger partial charge on any atom is 0.257 e. The average Bonchev–Trinajstić information content (AvgIpc) is 3.17. The van der Waals surface area contributed by atoms with E-state index in [1.807, 2.05) is 31.6 Å². The predicted molar refractivity (Wildman–Crippen MR) is 164 cm³/mol. The molecule has 0 bridgehead atoms. The quantitative estimate of drug-likeness (QED) is 0.219. The van der Waals surface area contributed by atoms with Crippen molar-refractivity contribution in [3.63, 3.8) is 0 Å². The Hall–Kier alpha value is -3.45. The van der Waals surface area contributed by atoms with Gasteiger partial charge in [0.05, 0.1) is 24.1 Å². The number of benzene rings is 2. The molecule has 4 aromatic rings. The summed E-state index contributed by atoms with van der Waals surface area (Å²) in [5.41, 5.74) is 9.42. The van der Waals surface area contributed by atoms with E-state index in [-0.39, 0.29) is 5.91 Å². The van der Waals surface area contributed by atoms with E-state index in [1.165, 1.54) is 16.7 Å². The van der Waals surface area contributed by atoms with E-state index in [1.54, 1.807) is 7.11 Å². The van der Waals surface area contributed by atoms with E-state index in [4.69, 9.17) is 14.7 Å². The highest BCUT2D eigenvalue weighted by Crippen LogP contribution is 2.35. The zero-order chi connectivity index (χ0) is 28.2. The fourth-order valence-electron chi connectivity index (χ4n) is 5.79. The molecule has 1 aliphatic rings. The number of halogens is 1. The topological polar surface area (TPSA) is 69.0 Å². The number of methoxy groups -OCH3 is 1. The minimum atomic E-state index is -0.0476. The number of nitrogens with one attached hydrogen (secondary N) is 1. The maximum absolute atomic E-state index is 13.7. The van der Waals surface area contributed by atoms with Crippen LogP contribution in [0.4, 0.5) is 5.69 Å². The van der Waals surface area contributed by atoms with Crippen molar-refractivity contribution in [1.29, 1.82) is 0 Å². The second kappa shape index (κ2) is 12.4. The molecule has 0 atom stereocenters. The molecule has 0 radical (unpaired) electrons. The number of para-hydroxylation sites is 1. The van der Waals surface area contributed by atoms with Crippen molar-refractivity contribution < 1.29 is 9.53 Å². The molecule has 2 aromatic carbocycles.